The molecule has 0 saturated heterocycles. The molecule has 1 nitrogen and oxygen atoms in total. The Hall–Kier alpha value is -0.465. The van der Waals surface area contributed by atoms with Gasteiger partial charge in [-0.1, -0.05) is 36.5 Å². The van der Waals surface area contributed by atoms with Crippen LogP contribution < -0.4 is 5.46 Å². The van der Waals surface area contributed by atoms with Gasteiger partial charge in [-0.25, -0.2) is 0 Å². The average molecular weight is 196 g/mol. The second-order valence-corrected chi connectivity index (χ2v) is 3.74. The first kappa shape index (κ1) is 10.6. The Bertz CT molecular complexity index is 288. The summed E-state index contributed by atoms with van der Waals surface area (Å²) < 4.78 is 0. The van der Waals surface area contributed by atoms with Crippen molar-refractivity contribution in [3.8, 4) is 0 Å². The summed E-state index contributed by atoms with van der Waals surface area (Å²) in [6.07, 6.45) is 1.45. The van der Waals surface area contributed by atoms with E-state index < -0.39 is 0 Å². The maximum Gasteiger partial charge on any atom is 0.139 e. The molecule has 0 aliphatic heterocycles. The van der Waals surface area contributed by atoms with Gasteiger partial charge in [-0.05, 0) is 24.1 Å². The van der Waals surface area contributed by atoms with E-state index in [0.717, 1.165) is 28.9 Å². The lowest BCUT2D eigenvalue weighted by Crippen LogP contribution is -2.14. The minimum atomic E-state index is -0.345. The van der Waals surface area contributed by atoms with E-state index in [9.17, 15) is 5.11 Å². The van der Waals surface area contributed by atoms with E-state index in [4.69, 9.17) is 11.6 Å². The second-order valence-electron chi connectivity index (χ2n) is 3.31. The Balaban J connectivity index is 2.88. The molecule has 0 bridgehead atoms. The zero-order valence-electron chi connectivity index (χ0n) is 8.05. The quantitative estimate of drug-likeness (QED) is 0.725. The van der Waals surface area contributed by atoms with Crippen LogP contribution in [0.4, 0.5) is 0 Å². The van der Waals surface area contributed by atoms with E-state index in [1.54, 1.807) is 0 Å². The van der Waals surface area contributed by atoms with Crippen LogP contribution in [0.2, 0.25) is 5.02 Å². The maximum absolute atomic E-state index is 9.75. The van der Waals surface area contributed by atoms with Gasteiger partial charge in [-0.2, -0.15) is 0 Å². The fourth-order valence-corrected chi connectivity index (χ4v) is 1.67. The standard InChI is InChI=1S/C10H14BClO/c1-2-3-10(13)8-5-4-7(12)6-9(8)11/h4-6,10,13H,2-3,11H2,1H3/t10-/m1/s1. The smallest absolute Gasteiger partial charge is 0.139 e. The van der Waals surface area contributed by atoms with Crippen molar-refractivity contribution in [3.63, 3.8) is 0 Å². The van der Waals surface area contributed by atoms with Crippen molar-refractivity contribution < 1.29 is 5.11 Å². The maximum atomic E-state index is 9.75. The molecule has 0 fully saturated rings. The SMILES string of the molecule is Bc1cc(Cl)ccc1[C@H](O)CCC. The van der Waals surface area contributed by atoms with E-state index >= 15 is 0 Å². The van der Waals surface area contributed by atoms with E-state index in [0.29, 0.717) is 0 Å². The highest BCUT2D eigenvalue weighted by atomic mass is 35.5. The van der Waals surface area contributed by atoms with Gasteiger partial charge in [0.15, 0.2) is 0 Å². The zero-order valence-corrected chi connectivity index (χ0v) is 8.80. The molecule has 13 heavy (non-hydrogen) atoms. The third-order valence-corrected chi connectivity index (χ3v) is 2.39. The van der Waals surface area contributed by atoms with Crippen LogP contribution in [0.1, 0.15) is 31.4 Å². The van der Waals surface area contributed by atoms with Gasteiger partial charge >= 0.3 is 0 Å². The molecule has 0 spiro atoms. The molecule has 0 unspecified atom stereocenters. The molecule has 3 heteroatoms. The van der Waals surface area contributed by atoms with E-state index in [1.165, 1.54) is 0 Å². The number of hydrogen-bond acceptors (Lipinski definition) is 1. The van der Waals surface area contributed by atoms with Crippen molar-refractivity contribution in [1.82, 2.24) is 0 Å². The predicted octanol–water partition coefficient (Wildman–Crippen LogP) is 1.43. The van der Waals surface area contributed by atoms with E-state index in [2.05, 4.69) is 6.92 Å². The Kier molecular flexibility index (Phi) is 3.82. The summed E-state index contributed by atoms with van der Waals surface area (Å²) in [4.78, 5) is 0. The highest BCUT2D eigenvalue weighted by Crippen LogP contribution is 2.17. The normalized spacial score (nSPS) is 12.8. The molecule has 0 aliphatic rings. The van der Waals surface area contributed by atoms with Crippen LogP contribution in [0.15, 0.2) is 18.2 Å². The fraction of sp³-hybridized carbons (Fsp3) is 0.400. The molecule has 0 heterocycles. The lowest BCUT2D eigenvalue weighted by atomic mass is 9.87. The molecule has 0 aliphatic carbocycles. The monoisotopic (exact) mass is 196 g/mol. The summed E-state index contributed by atoms with van der Waals surface area (Å²) in [5, 5.41) is 10.5. The number of aliphatic hydroxyl groups excluding tert-OH is 1. The van der Waals surface area contributed by atoms with E-state index in [-0.39, 0.29) is 6.10 Å². The number of halogens is 1. The van der Waals surface area contributed by atoms with Crippen LogP contribution in [0.25, 0.3) is 0 Å². The summed E-state index contributed by atoms with van der Waals surface area (Å²) >= 11 is 5.82. The van der Waals surface area contributed by atoms with Gasteiger partial charge in [-0.3, -0.25) is 0 Å². The van der Waals surface area contributed by atoms with Crippen molar-refractivity contribution in [2.45, 2.75) is 25.9 Å². The lowest BCUT2D eigenvalue weighted by molar-refractivity contribution is 0.167. The number of aliphatic hydroxyl groups is 1. The van der Waals surface area contributed by atoms with Crippen LogP contribution >= 0.6 is 11.6 Å². The van der Waals surface area contributed by atoms with Crippen molar-refractivity contribution in [1.29, 1.82) is 0 Å². The van der Waals surface area contributed by atoms with Gasteiger partial charge in [0.2, 0.25) is 0 Å². The van der Waals surface area contributed by atoms with Crippen molar-refractivity contribution in [2.24, 2.45) is 0 Å². The minimum Gasteiger partial charge on any atom is -0.388 e. The van der Waals surface area contributed by atoms with Crippen molar-refractivity contribution in [2.75, 3.05) is 0 Å². The highest BCUT2D eigenvalue weighted by Gasteiger charge is 2.08. The summed E-state index contributed by atoms with van der Waals surface area (Å²) in [6, 6.07) is 5.61. The molecular weight excluding hydrogens is 182 g/mol. The third kappa shape index (κ3) is 2.75. The molecule has 1 N–H and O–H groups in total. The van der Waals surface area contributed by atoms with Crippen LogP contribution in [-0.2, 0) is 0 Å². The Morgan fingerprint density at radius 3 is 2.77 bits per heavy atom. The molecule has 1 atom stereocenters. The molecule has 0 saturated carbocycles. The van der Waals surface area contributed by atoms with Crippen LogP contribution in [-0.4, -0.2) is 13.0 Å². The van der Waals surface area contributed by atoms with Gasteiger partial charge in [0.05, 0.1) is 6.10 Å². The van der Waals surface area contributed by atoms with Crippen molar-refractivity contribution in [3.05, 3.63) is 28.8 Å². The molecule has 70 valence electrons. The van der Waals surface area contributed by atoms with Gasteiger partial charge in [0, 0.05) is 5.02 Å². The summed E-state index contributed by atoms with van der Waals surface area (Å²) in [7, 11) is 1.97. The number of hydrogen-bond donors (Lipinski definition) is 1. The average Bonchev–Trinajstić information content (AvgIpc) is 2.04. The third-order valence-electron chi connectivity index (χ3n) is 2.15. The first-order valence-corrected chi connectivity index (χ1v) is 4.97. The van der Waals surface area contributed by atoms with Crippen molar-refractivity contribution >= 4 is 24.9 Å². The first-order chi connectivity index (χ1) is 6.15. The minimum absolute atomic E-state index is 0.345. The Morgan fingerprint density at radius 2 is 2.23 bits per heavy atom. The first-order valence-electron chi connectivity index (χ1n) is 4.59. The van der Waals surface area contributed by atoms with Gasteiger partial charge in [-0.15, -0.1) is 0 Å². The molecule has 0 amide bonds. The van der Waals surface area contributed by atoms with E-state index in [1.807, 2.05) is 26.0 Å². The second kappa shape index (κ2) is 4.68. The number of rotatable bonds is 3. The Labute approximate surface area is 85.1 Å². The molecule has 0 aromatic heterocycles. The number of benzene rings is 1. The predicted molar refractivity (Wildman–Crippen MR) is 59.5 cm³/mol. The molecule has 1 rings (SSSR count). The van der Waals surface area contributed by atoms with Gasteiger partial charge in [0.1, 0.15) is 7.85 Å². The molecule has 0 radical (unpaired) electrons. The fourth-order valence-electron chi connectivity index (χ4n) is 1.44. The summed E-state index contributed by atoms with van der Waals surface area (Å²) in [6.45, 7) is 2.06. The molecular formula is C10H14BClO. The topological polar surface area (TPSA) is 20.2 Å². The molecule has 1 aromatic carbocycles. The van der Waals surface area contributed by atoms with Crippen LogP contribution in [0, 0.1) is 0 Å². The summed E-state index contributed by atoms with van der Waals surface area (Å²) in [5.41, 5.74) is 2.06. The Morgan fingerprint density at radius 1 is 1.54 bits per heavy atom. The zero-order chi connectivity index (χ0) is 9.84. The largest absolute Gasteiger partial charge is 0.388 e. The van der Waals surface area contributed by atoms with Crippen LogP contribution in [0.3, 0.4) is 0 Å². The summed E-state index contributed by atoms with van der Waals surface area (Å²) in [5.74, 6) is 0. The van der Waals surface area contributed by atoms with Gasteiger partial charge in [0.25, 0.3) is 0 Å². The lowest BCUT2D eigenvalue weighted by Gasteiger charge is -2.12. The van der Waals surface area contributed by atoms with Crippen LogP contribution in [0.5, 0.6) is 0 Å². The molecule has 1 aromatic rings. The highest BCUT2D eigenvalue weighted by molar-refractivity contribution is 6.36. The van der Waals surface area contributed by atoms with Gasteiger partial charge < -0.3 is 5.11 Å².